The van der Waals surface area contributed by atoms with Crippen LogP contribution in [0.15, 0.2) is 36.4 Å². The van der Waals surface area contributed by atoms with E-state index in [1.165, 1.54) is 0 Å². The quantitative estimate of drug-likeness (QED) is 0.451. The largest absolute Gasteiger partial charge is 0.458 e. The van der Waals surface area contributed by atoms with E-state index in [1.54, 1.807) is 30.3 Å². The number of benzene rings is 1. The number of nitrogen functional groups attached to an aromatic ring is 1. The average molecular weight is 191 g/mol. The zero-order valence-electron chi connectivity index (χ0n) is 8.07. The molecule has 0 unspecified atom stereocenters. The number of allylic oxidation sites excluding steroid dienone is 1. The minimum atomic E-state index is -0.330. The van der Waals surface area contributed by atoms with E-state index in [0.29, 0.717) is 17.9 Å². The molecule has 3 heteroatoms. The molecule has 74 valence electrons. The van der Waals surface area contributed by atoms with Crippen molar-refractivity contribution in [2.24, 2.45) is 0 Å². The van der Waals surface area contributed by atoms with Gasteiger partial charge in [-0.05, 0) is 31.2 Å². The van der Waals surface area contributed by atoms with Gasteiger partial charge in [-0.3, -0.25) is 0 Å². The van der Waals surface area contributed by atoms with Gasteiger partial charge in [-0.15, -0.1) is 0 Å². The van der Waals surface area contributed by atoms with Gasteiger partial charge in [-0.2, -0.15) is 0 Å². The molecule has 0 aliphatic carbocycles. The monoisotopic (exact) mass is 191 g/mol. The van der Waals surface area contributed by atoms with Crippen molar-refractivity contribution >= 4 is 11.7 Å². The Kier molecular flexibility index (Phi) is 3.73. The summed E-state index contributed by atoms with van der Waals surface area (Å²) in [5, 5.41) is 0. The second kappa shape index (κ2) is 5.07. The molecule has 1 aromatic carbocycles. The van der Waals surface area contributed by atoms with Crippen molar-refractivity contribution in [1.82, 2.24) is 0 Å². The van der Waals surface area contributed by atoms with Crippen molar-refractivity contribution in [2.45, 2.75) is 6.92 Å². The lowest BCUT2D eigenvalue weighted by Gasteiger charge is -2.01. The Hall–Kier alpha value is -1.77. The van der Waals surface area contributed by atoms with E-state index in [-0.39, 0.29) is 5.97 Å². The van der Waals surface area contributed by atoms with Crippen LogP contribution >= 0.6 is 0 Å². The van der Waals surface area contributed by atoms with E-state index >= 15 is 0 Å². The lowest BCUT2D eigenvalue weighted by molar-refractivity contribution is 0.0549. The molecule has 0 fully saturated rings. The molecule has 2 N–H and O–H groups in total. The van der Waals surface area contributed by atoms with Gasteiger partial charge in [0.25, 0.3) is 0 Å². The Morgan fingerprint density at radius 1 is 1.43 bits per heavy atom. The van der Waals surface area contributed by atoms with Gasteiger partial charge >= 0.3 is 5.97 Å². The molecular formula is C11H13NO2. The van der Waals surface area contributed by atoms with Crippen molar-refractivity contribution in [3.05, 3.63) is 42.0 Å². The van der Waals surface area contributed by atoms with Crippen LogP contribution in [0.5, 0.6) is 0 Å². The third-order valence-electron chi connectivity index (χ3n) is 1.69. The molecule has 0 aromatic heterocycles. The normalized spacial score (nSPS) is 10.4. The minimum absolute atomic E-state index is 0.305. The maximum Gasteiger partial charge on any atom is 0.338 e. The van der Waals surface area contributed by atoms with Crippen LogP contribution in [0.3, 0.4) is 0 Å². The predicted molar refractivity (Wildman–Crippen MR) is 56.0 cm³/mol. The first-order valence-electron chi connectivity index (χ1n) is 4.38. The van der Waals surface area contributed by atoms with Gasteiger partial charge in [0, 0.05) is 5.69 Å². The SMILES string of the molecule is C/C=C/COC(=O)c1ccc(N)cc1. The molecule has 0 heterocycles. The summed E-state index contributed by atoms with van der Waals surface area (Å²) < 4.78 is 4.94. The number of carbonyl (C=O) groups is 1. The van der Waals surface area contributed by atoms with E-state index < -0.39 is 0 Å². The molecule has 1 aromatic rings. The van der Waals surface area contributed by atoms with E-state index in [9.17, 15) is 4.79 Å². The van der Waals surface area contributed by atoms with Gasteiger partial charge in [0.15, 0.2) is 0 Å². The fraction of sp³-hybridized carbons (Fsp3) is 0.182. The molecule has 0 amide bonds. The maximum absolute atomic E-state index is 11.3. The standard InChI is InChI=1S/C11H13NO2/c1-2-3-8-14-11(13)9-4-6-10(12)7-5-9/h2-7H,8,12H2,1H3/b3-2+. The first-order chi connectivity index (χ1) is 6.74. The van der Waals surface area contributed by atoms with Crippen LogP contribution in [-0.4, -0.2) is 12.6 Å². The maximum atomic E-state index is 11.3. The van der Waals surface area contributed by atoms with Gasteiger partial charge in [0.1, 0.15) is 6.61 Å². The molecule has 0 aliphatic heterocycles. The van der Waals surface area contributed by atoms with Crippen molar-refractivity contribution in [1.29, 1.82) is 0 Å². The smallest absolute Gasteiger partial charge is 0.338 e. The Labute approximate surface area is 83.2 Å². The molecule has 0 aliphatic rings. The summed E-state index contributed by atoms with van der Waals surface area (Å²) in [5.74, 6) is -0.330. The van der Waals surface area contributed by atoms with Crippen LogP contribution in [0.4, 0.5) is 5.69 Å². The molecule has 0 saturated heterocycles. The molecule has 3 nitrogen and oxygen atoms in total. The highest BCUT2D eigenvalue weighted by Gasteiger charge is 2.04. The average Bonchev–Trinajstić information content (AvgIpc) is 2.19. The number of carbonyl (C=O) groups excluding carboxylic acids is 1. The topological polar surface area (TPSA) is 52.3 Å². The Bertz CT molecular complexity index is 328. The number of anilines is 1. The summed E-state index contributed by atoms with van der Waals surface area (Å²) in [6, 6.07) is 6.64. The van der Waals surface area contributed by atoms with Crippen LogP contribution in [0.25, 0.3) is 0 Å². The fourth-order valence-corrected chi connectivity index (χ4v) is 0.923. The molecule has 0 atom stereocenters. The van der Waals surface area contributed by atoms with Crippen molar-refractivity contribution in [2.75, 3.05) is 12.3 Å². The zero-order chi connectivity index (χ0) is 10.4. The Morgan fingerprint density at radius 3 is 2.64 bits per heavy atom. The molecule has 1 rings (SSSR count). The van der Waals surface area contributed by atoms with Gasteiger partial charge in [-0.25, -0.2) is 4.79 Å². The molecule has 0 saturated carbocycles. The molecule has 14 heavy (non-hydrogen) atoms. The van der Waals surface area contributed by atoms with Crippen LogP contribution in [-0.2, 0) is 4.74 Å². The van der Waals surface area contributed by atoms with Crippen LogP contribution in [0, 0.1) is 0 Å². The number of nitrogens with two attached hydrogens (primary N) is 1. The number of hydrogen-bond acceptors (Lipinski definition) is 3. The predicted octanol–water partition coefficient (Wildman–Crippen LogP) is 2.00. The van der Waals surface area contributed by atoms with E-state index in [0.717, 1.165) is 0 Å². The number of rotatable bonds is 3. The number of hydrogen-bond donors (Lipinski definition) is 1. The third kappa shape index (κ3) is 2.94. The first-order valence-corrected chi connectivity index (χ1v) is 4.38. The number of esters is 1. The zero-order valence-corrected chi connectivity index (χ0v) is 8.07. The summed E-state index contributed by atoms with van der Waals surface area (Å²) in [6.45, 7) is 2.18. The molecule has 0 spiro atoms. The summed E-state index contributed by atoms with van der Waals surface area (Å²) >= 11 is 0. The van der Waals surface area contributed by atoms with Gasteiger partial charge in [0.05, 0.1) is 5.56 Å². The minimum Gasteiger partial charge on any atom is -0.458 e. The molecule has 0 radical (unpaired) electrons. The van der Waals surface area contributed by atoms with Gasteiger partial charge in [0.2, 0.25) is 0 Å². The lowest BCUT2D eigenvalue weighted by Crippen LogP contribution is -2.04. The van der Waals surface area contributed by atoms with Crippen LogP contribution in [0.2, 0.25) is 0 Å². The van der Waals surface area contributed by atoms with Crippen molar-refractivity contribution < 1.29 is 9.53 Å². The van der Waals surface area contributed by atoms with E-state index in [1.807, 2.05) is 13.0 Å². The van der Waals surface area contributed by atoms with Crippen molar-refractivity contribution in [3.8, 4) is 0 Å². The highest BCUT2D eigenvalue weighted by molar-refractivity contribution is 5.89. The first kappa shape index (κ1) is 10.3. The lowest BCUT2D eigenvalue weighted by atomic mass is 10.2. The van der Waals surface area contributed by atoms with Gasteiger partial charge in [-0.1, -0.05) is 12.2 Å². The van der Waals surface area contributed by atoms with E-state index in [2.05, 4.69) is 0 Å². The summed E-state index contributed by atoms with van der Waals surface area (Å²) in [6.07, 6.45) is 3.60. The Morgan fingerprint density at radius 2 is 2.07 bits per heavy atom. The molecular weight excluding hydrogens is 178 g/mol. The van der Waals surface area contributed by atoms with Crippen LogP contribution in [0.1, 0.15) is 17.3 Å². The second-order valence-corrected chi connectivity index (χ2v) is 2.79. The summed E-state index contributed by atoms with van der Waals surface area (Å²) in [7, 11) is 0. The summed E-state index contributed by atoms with van der Waals surface area (Å²) in [4.78, 5) is 11.3. The molecule has 0 bridgehead atoms. The third-order valence-corrected chi connectivity index (χ3v) is 1.69. The highest BCUT2D eigenvalue weighted by Crippen LogP contribution is 2.06. The van der Waals surface area contributed by atoms with Crippen molar-refractivity contribution in [3.63, 3.8) is 0 Å². The fourth-order valence-electron chi connectivity index (χ4n) is 0.923. The van der Waals surface area contributed by atoms with Crippen LogP contribution < -0.4 is 5.73 Å². The second-order valence-electron chi connectivity index (χ2n) is 2.79. The summed E-state index contributed by atoms with van der Waals surface area (Å²) in [5.41, 5.74) is 6.64. The van der Waals surface area contributed by atoms with E-state index in [4.69, 9.17) is 10.5 Å². The number of ether oxygens (including phenoxy) is 1. The van der Waals surface area contributed by atoms with Gasteiger partial charge < -0.3 is 10.5 Å². The highest BCUT2D eigenvalue weighted by atomic mass is 16.5. The Balaban J connectivity index is 2.56.